The van der Waals surface area contributed by atoms with Gasteiger partial charge in [-0.3, -0.25) is 19.5 Å². The molecule has 2 fully saturated rings. The number of carbonyl (C=O) groups excluding carboxylic acids is 1. The van der Waals surface area contributed by atoms with Crippen LogP contribution in [0.15, 0.2) is 42.6 Å². The zero-order valence-corrected chi connectivity index (χ0v) is 17.5. The Morgan fingerprint density at radius 1 is 1.20 bits per heavy atom. The molecule has 1 spiro atoms. The van der Waals surface area contributed by atoms with Gasteiger partial charge in [-0.1, -0.05) is 30.3 Å². The zero-order chi connectivity index (χ0) is 20.7. The highest BCUT2D eigenvalue weighted by atomic mass is 16.2. The summed E-state index contributed by atoms with van der Waals surface area (Å²) in [7, 11) is 0. The monoisotopic (exact) mass is 405 g/mol. The van der Waals surface area contributed by atoms with Crippen LogP contribution in [0.1, 0.15) is 40.5 Å². The SMILES string of the molecule is CCn1ccc(C(=O)N2CC3(CN(Cc4ccccc4)CC3c3n[nH]c(C)n3)C2)n1. The summed E-state index contributed by atoms with van der Waals surface area (Å²) in [5, 5.41) is 11.9. The summed E-state index contributed by atoms with van der Waals surface area (Å²) in [6.45, 7) is 8.88. The standard InChI is InChI=1S/C22H27N7O/c1-3-29-10-9-19(26-29)21(30)28-14-22(15-28)13-27(11-17-7-5-4-6-8-17)12-18(22)20-23-16(2)24-25-20/h4-10,18H,3,11-15H2,1-2H3,(H,23,24,25). The number of hydrogen-bond donors (Lipinski definition) is 1. The van der Waals surface area contributed by atoms with Gasteiger partial charge in [-0.05, 0) is 25.5 Å². The minimum Gasteiger partial charge on any atom is -0.336 e. The second kappa shape index (κ2) is 7.36. The first-order valence-corrected chi connectivity index (χ1v) is 10.5. The average Bonchev–Trinajstić information content (AvgIpc) is 3.45. The molecule has 2 saturated heterocycles. The molecule has 4 heterocycles. The molecule has 156 valence electrons. The van der Waals surface area contributed by atoms with E-state index in [-0.39, 0.29) is 17.2 Å². The molecule has 2 aliphatic heterocycles. The first kappa shape index (κ1) is 19.0. The number of hydrogen-bond acceptors (Lipinski definition) is 5. The lowest BCUT2D eigenvalue weighted by Gasteiger charge is -2.50. The predicted octanol–water partition coefficient (Wildman–Crippen LogP) is 2.07. The van der Waals surface area contributed by atoms with Gasteiger partial charge in [0, 0.05) is 56.8 Å². The number of rotatable bonds is 5. The van der Waals surface area contributed by atoms with E-state index in [2.05, 4.69) is 49.4 Å². The van der Waals surface area contributed by atoms with Crippen LogP contribution in [0, 0.1) is 12.3 Å². The van der Waals surface area contributed by atoms with E-state index in [9.17, 15) is 4.79 Å². The lowest BCUT2D eigenvalue weighted by molar-refractivity contribution is 0.00131. The second-order valence-corrected chi connectivity index (χ2v) is 8.57. The normalized spacial score (nSPS) is 20.6. The van der Waals surface area contributed by atoms with Crippen LogP contribution in [-0.2, 0) is 13.1 Å². The van der Waals surface area contributed by atoms with Gasteiger partial charge in [0.25, 0.3) is 5.91 Å². The number of H-pyrrole nitrogens is 1. The molecule has 1 amide bonds. The third-order valence-corrected chi connectivity index (χ3v) is 6.38. The highest BCUT2D eigenvalue weighted by molar-refractivity contribution is 5.93. The van der Waals surface area contributed by atoms with Crippen molar-refractivity contribution < 1.29 is 4.79 Å². The Kier molecular flexibility index (Phi) is 4.66. The van der Waals surface area contributed by atoms with Crippen molar-refractivity contribution in [2.45, 2.75) is 32.9 Å². The van der Waals surface area contributed by atoms with Crippen LogP contribution in [0.4, 0.5) is 0 Å². The average molecular weight is 406 g/mol. The van der Waals surface area contributed by atoms with E-state index in [1.54, 1.807) is 4.68 Å². The van der Waals surface area contributed by atoms with Gasteiger partial charge in [0.2, 0.25) is 0 Å². The Bertz CT molecular complexity index is 1030. The summed E-state index contributed by atoms with van der Waals surface area (Å²) in [6, 6.07) is 12.3. The lowest BCUT2D eigenvalue weighted by atomic mass is 9.71. The summed E-state index contributed by atoms with van der Waals surface area (Å²) < 4.78 is 1.79. The molecule has 8 nitrogen and oxygen atoms in total. The molecule has 0 saturated carbocycles. The van der Waals surface area contributed by atoms with Gasteiger partial charge in [0.05, 0.1) is 0 Å². The molecule has 1 atom stereocenters. The third kappa shape index (κ3) is 3.31. The molecule has 3 aromatic rings. The van der Waals surface area contributed by atoms with Crippen LogP contribution in [0.3, 0.4) is 0 Å². The fourth-order valence-electron chi connectivity index (χ4n) is 4.90. The fourth-order valence-corrected chi connectivity index (χ4v) is 4.90. The van der Waals surface area contributed by atoms with E-state index in [1.165, 1.54) is 5.56 Å². The molecule has 2 aromatic heterocycles. The molecule has 1 N–H and O–H groups in total. The fraction of sp³-hybridized carbons (Fsp3) is 0.455. The van der Waals surface area contributed by atoms with Crippen molar-refractivity contribution in [2.24, 2.45) is 5.41 Å². The van der Waals surface area contributed by atoms with Crippen LogP contribution in [0.2, 0.25) is 0 Å². The number of nitrogens with zero attached hydrogens (tertiary/aromatic N) is 6. The molecule has 0 aliphatic carbocycles. The highest BCUT2D eigenvalue weighted by Gasteiger charge is 2.57. The van der Waals surface area contributed by atoms with Gasteiger partial charge in [-0.2, -0.15) is 10.2 Å². The van der Waals surface area contributed by atoms with E-state index in [4.69, 9.17) is 0 Å². The number of carbonyl (C=O) groups is 1. The van der Waals surface area contributed by atoms with Crippen molar-refractivity contribution in [3.8, 4) is 0 Å². The number of amides is 1. The van der Waals surface area contributed by atoms with Gasteiger partial charge in [0.15, 0.2) is 5.82 Å². The van der Waals surface area contributed by atoms with Crippen LogP contribution in [-0.4, -0.2) is 66.8 Å². The van der Waals surface area contributed by atoms with E-state index in [0.29, 0.717) is 18.8 Å². The maximum Gasteiger partial charge on any atom is 0.274 e. The molecule has 30 heavy (non-hydrogen) atoms. The zero-order valence-electron chi connectivity index (χ0n) is 17.5. The van der Waals surface area contributed by atoms with E-state index < -0.39 is 0 Å². The predicted molar refractivity (Wildman–Crippen MR) is 112 cm³/mol. The van der Waals surface area contributed by atoms with E-state index in [0.717, 1.165) is 37.8 Å². The highest BCUT2D eigenvalue weighted by Crippen LogP contribution is 2.48. The summed E-state index contributed by atoms with van der Waals surface area (Å²) in [6.07, 6.45) is 1.86. The number of aryl methyl sites for hydroxylation is 2. The van der Waals surface area contributed by atoms with Crippen molar-refractivity contribution in [1.82, 2.24) is 34.8 Å². The first-order valence-electron chi connectivity index (χ1n) is 10.5. The minimum atomic E-state index is -0.00754. The number of aromatic amines is 1. The maximum absolute atomic E-state index is 12.9. The molecule has 5 rings (SSSR count). The van der Waals surface area contributed by atoms with Crippen LogP contribution in [0.25, 0.3) is 0 Å². The van der Waals surface area contributed by atoms with Gasteiger partial charge in [0.1, 0.15) is 11.5 Å². The van der Waals surface area contributed by atoms with Gasteiger partial charge in [-0.25, -0.2) is 4.98 Å². The van der Waals surface area contributed by atoms with Crippen molar-refractivity contribution >= 4 is 5.91 Å². The molecular formula is C22H27N7O. The lowest BCUT2D eigenvalue weighted by Crippen LogP contribution is -2.61. The molecule has 8 heteroatoms. The third-order valence-electron chi connectivity index (χ3n) is 6.38. The van der Waals surface area contributed by atoms with Gasteiger partial charge >= 0.3 is 0 Å². The Labute approximate surface area is 175 Å². The number of aromatic nitrogens is 5. The molecular weight excluding hydrogens is 378 g/mol. The Balaban J connectivity index is 1.34. The van der Waals surface area contributed by atoms with E-state index >= 15 is 0 Å². The summed E-state index contributed by atoms with van der Waals surface area (Å²) in [5.74, 6) is 1.92. The number of likely N-dealkylation sites (tertiary alicyclic amines) is 2. The number of benzene rings is 1. The topological polar surface area (TPSA) is 82.9 Å². The smallest absolute Gasteiger partial charge is 0.274 e. The Hall–Kier alpha value is -3.00. The number of nitrogens with one attached hydrogen (secondary N) is 1. The molecule has 2 aliphatic rings. The minimum absolute atomic E-state index is 0.00754. The van der Waals surface area contributed by atoms with E-state index in [1.807, 2.05) is 37.1 Å². The van der Waals surface area contributed by atoms with Crippen molar-refractivity contribution in [1.29, 1.82) is 0 Å². The van der Waals surface area contributed by atoms with Crippen LogP contribution >= 0.6 is 0 Å². The molecule has 1 aromatic carbocycles. The van der Waals surface area contributed by atoms with Crippen molar-refractivity contribution in [3.05, 3.63) is 65.5 Å². The molecule has 0 bridgehead atoms. The molecule has 1 unspecified atom stereocenters. The van der Waals surface area contributed by atoms with Gasteiger partial charge in [-0.15, -0.1) is 0 Å². The van der Waals surface area contributed by atoms with Gasteiger partial charge < -0.3 is 4.90 Å². The Morgan fingerprint density at radius 3 is 2.67 bits per heavy atom. The van der Waals surface area contributed by atoms with Crippen LogP contribution in [0.5, 0.6) is 0 Å². The summed E-state index contributed by atoms with van der Waals surface area (Å²) >= 11 is 0. The largest absolute Gasteiger partial charge is 0.336 e. The summed E-state index contributed by atoms with van der Waals surface area (Å²) in [5.41, 5.74) is 1.82. The maximum atomic E-state index is 12.9. The summed E-state index contributed by atoms with van der Waals surface area (Å²) in [4.78, 5) is 21.9. The van der Waals surface area contributed by atoms with Crippen LogP contribution < -0.4 is 0 Å². The second-order valence-electron chi connectivity index (χ2n) is 8.57. The quantitative estimate of drug-likeness (QED) is 0.703. The Morgan fingerprint density at radius 2 is 2.00 bits per heavy atom. The molecule has 0 radical (unpaired) electrons. The van der Waals surface area contributed by atoms with Crippen molar-refractivity contribution in [3.63, 3.8) is 0 Å². The van der Waals surface area contributed by atoms with Crippen molar-refractivity contribution in [2.75, 3.05) is 26.2 Å². The first-order chi connectivity index (χ1) is 14.6.